The molecule has 0 bridgehead atoms. The van der Waals surface area contributed by atoms with Crippen LogP contribution in [-0.2, 0) is 6.23 Å². The van der Waals surface area contributed by atoms with Gasteiger partial charge in [-0.3, -0.25) is 0 Å². The second-order valence-electron chi connectivity index (χ2n) is 9.68. The molecule has 5 aromatic rings. The Morgan fingerprint density at radius 3 is 1.15 bits per heavy atom. The Morgan fingerprint density at radius 2 is 0.848 bits per heavy atom. The van der Waals surface area contributed by atoms with Gasteiger partial charge in [-0.2, -0.15) is 0 Å². The number of nitrogens with zero attached hydrogens (tertiary/aromatic N) is 2. The molecule has 0 unspecified atom stereocenters. The summed E-state index contributed by atoms with van der Waals surface area (Å²) < 4.78 is 56.6. The molecule has 0 N–H and O–H groups in total. The van der Waals surface area contributed by atoms with Crippen LogP contribution in [0.25, 0.3) is 0 Å². The number of halogens is 3. The predicted octanol–water partition coefficient (Wildman–Crippen LogP) is 2.33. The van der Waals surface area contributed by atoms with Crippen molar-refractivity contribution in [3.8, 4) is 0 Å². The summed E-state index contributed by atoms with van der Waals surface area (Å²) in [5.74, 6) is -6.45. The molecule has 14 heteroatoms. The van der Waals surface area contributed by atoms with Crippen LogP contribution in [0.2, 0.25) is 0 Å². The third-order valence-electron chi connectivity index (χ3n) is 6.93. The van der Waals surface area contributed by atoms with Gasteiger partial charge < -0.3 is 0 Å². The molecule has 0 amide bonds. The minimum absolute atomic E-state index is 0.313. The van der Waals surface area contributed by atoms with Crippen LogP contribution in [0.1, 0.15) is 20.7 Å². The fourth-order valence-corrected chi connectivity index (χ4v) is 17.4. The first kappa shape index (κ1) is 31.9. The van der Waals surface area contributed by atoms with Crippen molar-refractivity contribution in [2.24, 2.45) is 0 Å². The molecule has 0 heterocycles. The Hall–Kier alpha value is -5.55. The van der Waals surface area contributed by atoms with Gasteiger partial charge in [-0.1, -0.05) is 0 Å². The van der Waals surface area contributed by atoms with Crippen molar-refractivity contribution in [2.75, 3.05) is 0 Å². The minimum atomic E-state index is -7.41. The molecule has 5 aromatic carbocycles. The Morgan fingerprint density at radius 1 is 0.522 bits per heavy atom. The van der Waals surface area contributed by atoms with Crippen molar-refractivity contribution in [1.29, 1.82) is 0 Å². The number of aromatic carboxylic acids is 2. The van der Waals surface area contributed by atoms with E-state index in [-0.39, 0.29) is 20.4 Å². The summed E-state index contributed by atoms with van der Waals surface area (Å²) in [5.41, 5.74) is -2.71. The topological polar surface area (TPSA) is 139 Å². The van der Waals surface area contributed by atoms with E-state index in [0.717, 1.165) is 78.9 Å². The van der Waals surface area contributed by atoms with Crippen LogP contribution in [-0.4, -0.2) is 40.0 Å². The van der Waals surface area contributed by atoms with Crippen LogP contribution in [0.15, 0.2) is 121 Å². The molecule has 0 atom stereocenters. The van der Waals surface area contributed by atoms with Crippen molar-refractivity contribution in [3.05, 3.63) is 160 Å². The first-order valence-corrected chi connectivity index (χ1v) is 19.1. The molecule has 46 heavy (non-hydrogen) atoms. The van der Waals surface area contributed by atoms with Crippen molar-refractivity contribution < 1.29 is 49.1 Å². The predicted molar refractivity (Wildman–Crippen MR) is 154 cm³/mol. The average Bonchev–Trinajstić information content (AvgIpc) is 3.04. The van der Waals surface area contributed by atoms with Gasteiger partial charge in [-0.15, -0.1) is 0 Å². The molecule has 0 radical (unpaired) electrons. The summed E-state index contributed by atoms with van der Waals surface area (Å²) in [6.07, 6.45) is 0. The summed E-state index contributed by atoms with van der Waals surface area (Å²) in [6, 6.07) is 21.8. The van der Waals surface area contributed by atoms with E-state index in [1.54, 1.807) is 0 Å². The van der Waals surface area contributed by atoms with Crippen LogP contribution < -0.4 is 20.7 Å². The Labute approximate surface area is 260 Å². The molecule has 0 aromatic heterocycles. The van der Waals surface area contributed by atoms with Gasteiger partial charge in [0.25, 0.3) is 0 Å². The fourth-order valence-electron chi connectivity index (χ4n) is 4.91. The van der Waals surface area contributed by atoms with Crippen LogP contribution in [0.3, 0.4) is 0 Å². The van der Waals surface area contributed by atoms with Crippen molar-refractivity contribution in [1.82, 2.24) is 0 Å². The number of rotatable bonds is 11. The van der Waals surface area contributed by atoms with E-state index >= 15 is 13.2 Å². The number of carboxylic acid groups (broad SMARTS) is 2. The quantitative estimate of drug-likeness (QED) is 0.149. The number of carbonyl (C=O) groups excluding carboxylic acids is 2. The standard InChI is InChI=1S/2C7H5NO4.3C6H4F.Sb/c2*9-7(10)5-3-1-2-4-6(5)8(11)12;3*7-6-4-2-1-3-5-6;/h2*1-4H,(H,9,10);3*1-2,4-5H;/q;;;;;+2/p-2. The van der Waals surface area contributed by atoms with Crippen molar-refractivity contribution in [2.45, 2.75) is 0 Å². The van der Waals surface area contributed by atoms with E-state index in [9.17, 15) is 29.6 Å². The number of benzene rings is 5. The summed E-state index contributed by atoms with van der Waals surface area (Å²) in [6.45, 7) is 0. The zero-order valence-corrected chi connectivity index (χ0v) is 25.8. The molecule has 0 aliphatic carbocycles. The Bertz CT molecular complexity index is 1850. The van der Waals surface area contributed by atoms with Gasteiger partial charge in [0.1, 0.15) is 0 Å². The molecular formula is C32H20F3N2O8Sb. The van der Waals surface area contributed by atoms with E-state index < -0.39 is 70.1 Å². The molecule has 0 saturated heterocycles. The first-order valence-electron chi connectivity index (χ1n) is 13.2. The second-order valence-corrected chi connectivity index (χ2v) is 20.5. The zero-order chi connectivity index (χ0) is 33.1. The first-order chi connectivity index (χ1) is 22.0. The van der Waals surface area contributed by atoms with E-state index in [4.69, 9.17) is 6.23 Å². The van der Waals surface area contributed by atoms with Gasteiger partial charge in [0.05, 0.1) is 0 Å². The molecule has 232 valence electrons. The Kier molecular flexibility index (Phi) is 8.62. The molecule has 0 fully saturated rings. The zero-order valence-electron chi connectivity index (χ0n) is 23.3. The van der Waals surface area contributed by atoms with Gasteiger partial charge in [-0.05, 0) is 0 Å². The molecule has 5 rings (SSSR count). The number of carbonyl (C=O) groups is 2. The number of hydrogen-bond donors (Lipinski definition) is 0. The van der Waals surface area contributed by atoms with E-state index in [0.29, 0.717) is 0 Å². The van der Waals surface area contributed by atoms with Gasteiger partial charge in [0.2, 0.25) is 0 Å². The number of hydrogen-bond acceptors (Lipinski definition) is 8. The van der Waals surface area contributed by atoms with Crippen LogP contribution >= 0.6 is 0 Å². The fraction of sp³-hybridized carbons (Fsp3) is 0. The maximum atomic E-state index is 15.1. The summed E-state index contributed by atoms with van der Waals surface area (Å²) >= 11 is -7.41. The molecule has 10 nitrogen and oxygen atoms in total. The normalized spacial score (nSPS) is 11.9. The molecule has 0 aliphatic heterocycles. The third kappa shape index (κ3) is 5.56. The monoisotopic (exact) mass is 738 g/mol. The van der Waals surface area contributed by atoms with Crippen molar-refractivity contribution >= 4 is 52.1 Å². The van der Waals surface area contributed by atoms with E-state index in [2.05, 4.69) is 0 Å². The second kappa shape index (κ2) is 12.4. The van der Waals surface area contributed by atoms with Crippen LogP contribution in [0.5, 0.6) is 0 Å². The van der Waals surface area contributed by atoms with Gasteiger partial charge >= 0.3 is 261 Å². The SMILES string of the molecule is O=C([O-])c1ccccc1[N+](=O)[O][Sb]([O][N+](=O)c1ccccc1C(=O)[O-])([c]1cccc(F)c1)([c]1cccc(F)c1)[c]1cccc(F)c1. The van der Waals surface area contributed by atoms with E-state index in [1.807, 2.05) is 0 Å². The molecule has 0 spiro atoms. The summed E-state index contributed by atoms with van der Waals surface area (Å²) in [5, 5.41) is 23.9. The van der Waals surface area contributed by atoms with E-state index in [1.165, 1.54) is 42.5 Å². The van der Waals surface area contributed by atoms with Crippen LogP contribution in [0.4, 0.5) is 24.5 Å². The third-order valence-corrected chi connectivity index (χ3v) is 20.0. The molecule has 0 aliphatic rings. The summed E-state index contributed by atoms with van der Waals surface area (Å²) in [7, 11) is 0. The number of para-hydroxylation sites is 2. The van der Waals surface area contributed by atoms with Gasteiger partial charge in [-0.25, -0.2) is 0 Å². The van der Waals surface area contributed by atoms with Gasteiger partial charge in [0, 0.05) is 0 Å². The summed E-state index contributed by atoms with van der Waals surface area (Å²) in [4.78, 5) is 51.6. The molecule has 0 saturated carbocycles. The van der Waals surface area contributed by atoms with Crippen molar-refractivity contribution in [3.63, 3.8) is 0 Å². The maximum absolute atomic E-state index is 15.1. The van der Waals surface area contributed by atoms with Crippen LogP contribution in [0, 0.1) is 27.3 Å². The molecular weight excluding hydrogens is 719 g/mol. The Balaban J connectivity index is 1.98. The number of carboxylic acids is 2. The average molecular weight is 739 g/mol. The van der Waals surface area contributed by atoms with Gasteiger partial charge in [0.15, 0.2) is 0 Å².